The van der Waals surface area contributed by atoms with Crippen molar-refractivity contribution in [2.24, 2.45) is 0 Å². The first-order valence-electron chi connectivity index (χ1n) is 12.6. The summed E-state index contributed by atoms with van der Waals surface area (Å²) in [7, 11) is 3.93. The summed E-state index contributed by atoms with van der Waals surface area (Å²) in [4.78, 5) is 23.3. The van der Waals surface area contributed by atoms with Crippen LogP contribution in [0, 0.1) is 31.0 Å². The number of benzene rings is 2. The molecule has 8 nitrogen and oxygen atoms in total. The minimum atomic E-state index is -0.541. The highest BCUT2D eigenvalue weighted by molar-refractivity contribution is 6.01. The van der Waals surface area contributed by atoms with Crippen molar-refractivity contribution < 1.29 is 13.9 Å². The van der Waals surface area contributed by atoms with Crippen LogP contribution in [0.4, 0.5) is 21.5 Å². The van der Waals surface area contributed by atoms with Gasteiger partial charge in [0.05, 0.1) is 28.1 Å². The van der Waals surface area contributed by atoms with E-state index in [0.29, 0.717) is 34.4 Å². The molecular formula is C30H31FN6O2. The van der Waals surface area contributed by atoms with Crippen LogP contribution in [-0.2, 0) is 11.4 Å². The topological polar surface area (TPSA) is 103 Å². The highest BCUT2D eigenvalue weighted by Crippen LogP contribution is 2.34. The Labute approximate surface area is 227 Å². The maximum absolute atomic E-state index is 15.2. The molecule has 0 atom stereocenters. The van der Waals surface area contributed by atoms with Gasteiger partial charge in [-0.15, -0.1) is 0 Å². The number of fused-ring (bicyclic) bond motifs is 1. The zero-order chi connectivity index (χ0) is 27.9. The molecule has 2 aromatic heterocycles. The molecule has 4 aromatic rings. The summed E-state index contributed by atoms with van der Waals surface area (Å²) in [6.45, 7) is 4.85. The Kier molecular flexibility index (Phi) is 8.69. The Hall–Kier alpha value is -4.55. The van der Waals surface area contributed by atoms with Gasteiger partial charge in [0.25, 0.3) is 0 Å². The monoisotopic (exact) mass is 526 g/mol. The number of nitrogens with one attached hydrogen (secondary N) is 2. The maximum Gasteiger partial charge on any atom is 0.224 e. The van der Waals surface area contributed by atoms with Crippen LogP contribution in [-0.4, -0.2) is 41.4 Å². The van der Waals surface area contributed by atoms with Gasteiger partial charge >= 0.3 is 0 Å². The molecule has 9 heteroatoms. The van der Waals surface area contributed by atoms with Gasteiger partial charge < -0.3 is 20.3 Å². The van der Waals surface area contributed by atoms with E-state index in [0.717, 1.165) is 29.8 Å². The minimum Gasteiger partial charge on any atom is -0.487 e. The maximum atomic E-state index is 15.2. The van der Waals surface area contributed by atoms with Gasteiger partial charge in [-0.05, 0) is 82.4 Å². The lowest BCUT2D eigenvalue weighted by atomic mass is 10.0. The summed E-state index contributed by atoms with van der Waals surface area (Å²) in [5, 5.41) is 16.4. The van der Waals surface area contributed by atoms with Gasteiger partial charge in [-0.2, -0.15) is 5.26 Å². The fraction of sp³-hybridized carbons (Fsp3) is 0.267. The number of hydrogen-bond acceptors (Lipinski definition) is 7. The van der Waals surface area contributed by atoms with Crippen molar-refractivity contribution in [3.8, 4) is 11.8 Å². The van der Waals surface area contributed by atoms with Crippen LogP contribution >= 0.6 is 0 Å². The van der Waals surface area contributed by atoms with E-state index in [1.165, 1.54) is 12.3 Å². The van der Waals surface area contributed by atoms with E-state index in [1.54, 1.807) is 24.4 Å². The second-order valence-corrected chi connectivity index (χ2v) is 9.62. The number of aromatic nitrogens is 2. The highest BCUT2D eigenvalue weighted by Gasteiger charge is 2.15. The highest BCUT2D eigenvalue weighted by atomic mass is 19.1. The number of rotatable bonds is 10. The Morgan fingerprint density at radius 1 is 1.10 bits per heavy atom. The molecule has 200 valence electrons. The largest absolute Gasteiger partial charge is 0.487 e. The Morgan fingerprint density at radius 2 is 1.92 bits per heavy atom. The lowest BCUT2D eigenvalue weighted by Crippen LogP contribution is -2.17. The number of ether oxygens (including phenoxy) is 1. The van der Waals surface area contributed by atoms with Crippen molar-refractivity contribution in [1.82, 2.24) is 14.9 Å². The molecule has 2 N–H and O–H groups in total. The van der Waals surface area contributed by atoms with E-state index >= 15 is 4.39 Å². The predicted molar refractivity (Wildman–Crippen MR) is 151 cm³/mol. The molecule has 39 heavy (non-hydrogen) atoms. The summed E-state index contributed by atoms with van der Waals surface area (Å²) >= 11 is 0. The lowest BCUT2D eigenvalue weighted by Gasteiger charge is -2.16. The molecule has 0 unspecified atom stereocenters. The Morgan fingerprint density at radius 3 is 2.64 bits per heavy atom. The van der Waals surface area contributed by atoms with Gasteiger partial charge in [0.15, 0.2) is 0 Å². The molecule has 4 rings (SSSR count). The van der Waals surface area contributed by atoms with Gasteiger partial charge in [-0.3, -0.25) is 14.8 Å². The van der Waals surface area contributed by atoms with Crippen molar-refractivity contribution in [1.29, 1.82) is 5.26 Å². The van der Waals surface area contributed by atoms with Crippen molar-refractivity contribution in [2.45, 2.75) is 33.3 Å². The molecular weight excluding hydrogens is 495 g/mol. The van der Waals surface area contributed by atoms with Crippen LogP contribution in [0.5, 0.6) is 5.75 Å². The first-order valence-corrected chi connectivity index (χ1v) is 12.6. The third-order valence-corrected chi connectivity index (χ3v) is 6.31. The van der Waals surface area contributed by atoms with Crippen molar-refractivity contribution in [2.75, 3.05) is 31.3 Å². The first-order chi connectivity index (χ1) is 18.7. The third-order valence-electron chi connectivity index (χ3n) is 6.31. The molecule has 0 spiro atoms. The molecule has 0 saturated carbocycles. The second kappa shape index (κ2) is 12.3. The van der Waals surface area contributed by atoms with Gasteiger partial charge in [0, 0.05) is 36.0 Å². The van der Waals surface area contributed by atoms with E-state index in [9.17, 15) is 10.1 Å². The van der Waals surface area contributed by atoms with Gasteiger partial charge in [-0.25, -0.2) is 4.39 Å². The fourth-order valence-corrected chi connectivity index (χ4v) is 4.11. The van der Waals surface area contributed by atoms with Crippen LogP contribution in [0.2, 0.25) is 0 Å². The van der Waals surface area contributed by atoms with Crippen LogP contribution in [0.15, 0.2) is 54.9 Å². The standard InChI is InChI=1S/C30H31FN6O2/c1-19-7-5-11-33-28(19)18-39-22-9-10-25(24(31)14-22)36-30-21(16-32)17-34-27-13-20(2)26(15-23(27)30)35-29(38)8-6-12-37(3)4/h5,7,9-11,13-15,17H,6,8,12,18H2,1-4H3,(H,34,36)(H,35,38). The fourth-order valence-electron chi connectivity index (χ4n) is 4.11. The van der Waals surface area contributed by atoms with E-state index in [4.69, 9.17) is 4.74 Å². The number of carbonyl (C=O) groups is 1. The number of amides is 1. The van der Waals surface area contributed by atoms with Gasteiger partial charge in [0.1, 0.15) is 24.2 Å². The molecule has 0 aliphatic carbocycles. The van der Waals surface area contributed by atoms with E-state index in [2.05, 4.69) is 26.7 Å². The molecule has 0 fully saturated rings. The van der Waals surface area contributed by atoms with Gasteiger partial charge in [0.2, 0.25) is 5.91 Å². The average Bonchev–Trinajstić information content (AvgIpc) is 2.90. The molecule has 0 aliphatic rings. The number of halogens is 1. The zero-order valence-electron chi connectivity index (χ0n) is 22.5. The number of carbonyl (C=O) groups excluding carboxylic acids is 1. The molecule has 0 saturated heterocycles. The van der Waals surface area contributed by atoms with E-state index < -0.39 is 5.82 Å². The zero-order valence-corrected chi connectivity index (χ0v) is 22.5. The van der Waals surface area contributed by atoms with E-state index in [-0.39, 0.29) is 23.8 Å². The summed E-state index contributed by atoms with van der Waals surface area (Å²) in [6.07, 6.45) is 4.26. The smallest absolute Gasteiger partial charge is 0.224 e. The van der Waals surface area contributed by atoms with Crippen molar-refractivity contribution in [3.05, 3.63) is 83.1 Å². The molecule has 0 bridgehead atoms. The minimum absolute atomic E-state index is 0.0965. The lowest BCUT2D eigenvalue weighted by molar-refractivity contribution is -0.116. The van der Waals surface area contributed by atoms with Crippen LogP contribution in [0.3, 0.4) is 0 Å². The predicted octanol–water partition coefficient (Wildman–Crippen LogP) is 5.86. The number of pyridine rings is 2. The molecule has 2 aromatic carbocycles. The van der Waals surface area contributed by atoms with Crippen LogP contribution in [0.25, 0.3) is 10.9 Å². The summed E-state index contributed by atoms with van der Waals surface area (Å²) in [5.74, 6) is -0.278. The van der Waals surface area contributed by atoms with E-state index in [1.807, 2.05) is 51.0 Å². The Bertz CT molecular complexity index is 1550. The quantitative estimate of drug-likeness (QED) is 0.267. The molecule has 2 heterocycles. The van der Waals surface area contributed by atoms with Crippen molar-refractivity contribution >= 4 is 33.9 Å². The summed E-state index contributed by atoms with van der Waals surface area (Å²) in [5.41, 5.74) is 4.67. The third kappa shape index (κ3) is 6.86. The van der Waals surface area contributed by atoms with Gasteiger partial charge in [-0.1, -0.05) is 6.07 Å². The number of aryl methyl sites for hydroxylation is 2. The van der Waals surface area contributed by atoms with Crippen LogP contribution < -0.4 is 15.4 Å². The normalized spacial score (nSPS) is 10.9. The number of nitrogens with zero attached hydrogens (tertiary/aromatic N) is 4. The van der Waals surface area contributed by atoms with Crippen LogP contribution in [0.1, 0.15) is 35.2 Å². The number of nitriles is 1. The number of hydrogen-bond donors (Lipinski definition) is 2. The summed E-state index contributed by atoms with van der Waals surface area (Å²) in [6, 6.07) is 14.0. The summed E-state index contributed by atoms with van der Waals surface area (Å²) < 4.78 is 20.9. The molecule has 0 radical (unpaired) electrons. The molecule has 1 amide bonds. The molecule has 0 aliphatic heterocycles. The van der Waals surface area contributed by atoms with Crippen molar-refractivity contribution in [3.63, 3.8) is 0 Å². The second-order valence-electron chi connectivity index (χ2n) is 9.62. The Balaban J connectivity index is 1.58. The SMILES string of the molecule is Cc1cc2ncc(C#N)c(Nc3ccc(OCc4ncccc4C)cc3F)c2cc1NC(=O)CCCN(C)C. The average molecular weight is 527 g/mol. The number of anilines is 3. The first kappa shape index (κ1) is 27.5.